The van der Waals surface area contributed by atoms with Crippen LogP contribution in [0.25, 0.3) is 0 Å². The highest BCUT2D eigenvalue weighted by Crippen LogP contribution is 2.22. The number of amides is 1. The molecule has 1 fully saturated rings. The molecule has 0 bridgehead atoms. The summed E-state index contributed by atoms with van der Waals surface area (Å²) in [5, 5.41) is 9.11. The molecule has 1 saturated heterocycles. The number of nitrogens with zero attached hydrogens (tertiary/aromatic N) is 1. The van der Waals surface area contributed by atoms with E-state index in [4.69, 9.17) is 15.6 Å². The molecule has 1 aliphatic rings. The van der Waals surface area contributed by atoms with E-state index in [1.165, 1.54) is 4.90 Å². The van der Waals surface area contributed by atoms with Crippen LogP contribution in [-0.4, -0.2) is 54.7 Å². The van der Waals surface area contributed by atoms with Gasteiger partial charge in [0.1, 0.15) is 5.92 Å². The highest BCUT2D eigenvalue weighted by Gasteiger charge is 2.39. The summed E-state index contributed by atoms with van der Waals surface area (Å²) in [4.78, 5) is 25.0. The van der Waals surface area contributed by atoms with Gasteiger partial charge in [0.05, 0.1) is 25.2 Å². The molecule has 1 amide bonds. The Bertz CT molecular complexity index is 333. The molecule has 19 heavy (non-hydrogen) atoms. The second kappa shape index (κ2) is 6.86. The van der Waals surface area contributed by atoms with Crippen molar-refractivity contribution in [2.24, 2.45) is 23.5 Å². The molecular weight excluding hydrogens is 248 g/mol. The minimum atomic E-state index is -0.921. The zero-order valence-corrected chi connectivity index (χ0v) is 11.8. The summed E-state index contributed by atoms with van der Waals surface area (Å²) in [5.74, 6) is -1.53. The van der Waals surface area contributed by atoms with Crippen LogP contribution in [0, 0.1) is 17.8 Å². The summed E-state index contributed by atoms with van der Waals surface area (Å²) in [6.07, 6.45) is 0.713. The average molecular weight is 272 g/mol. The Morgan fingerprint density at radius 1 is 1.42 bits per heavy atom. The smallest absolute Gasteiger partial charge is 0.311 e. The maximum Gasteiger partial charge on any atom is 0.311 e. The number of carbonyl (C=O) groups excluding carboxylic acids is 1. The van der Waals surface area contributed by atoms with Gasteiger partial charge in [-0.05, 0) is 12.3 Å². The average Bonchev–Trinajstić information content (AvgIpc) is 2.83. The van der Waals surface area contributed by atoms with Gasteiger partial charge >= 0.3 is 5.97 Å². The van der Waals surface area contributed by atoms with E-state index < -0.39 is 17.9 Å². The van der Waals surface area contributed by atoms with Gasteiger partial charge in [-0.25, -0.2) is 0 Å². The molecule has 0 saturated carbocycles. The molecular formula is C13H24N2O4. The van der Waals surface area contributed by atoms with Gasteiger partial charge in [-0.3, -0.25) is 9.59 Å². The van der Waals surface area contributed by atoms with Crippen molar-refractivity contribution in [2.45, 2.75) is 26.3 Å². The highest BCUT2D eigenvalue weighted by molar-refractivity contribution is 5.80. The topological polar surface area (TPSA) is 92.9 Å². The van der Waals surface area contributed by atoms with Gasteiger partial charge in [0.15, 0.2) is 0 Å². The first-order valence-corrected chi connectivity index (χ1v) is 6.65. The number of nitrogens with two attached hydrogens (primary N) is 1. The number of likely N-dealkylation sites (N-methyl/N-ethyl adjacent to an activating group) is 1. The highest BCUT2D eigenvalue weighted by atomic mass is 16.5. The Morgan fingerprint density at radius 2 is 2.05 bits per heavy atom. The van der Waals surface area contributed by atoms with Crippen molar-refractivity contribution in [3.8, 4) is 0 Å². The lowest BCUT2D eigenvalue weighted by Gasteiger charge is -2.30. The lowest BCUT2D eigenvalue weighted by Crippen LogP contribution is -2.47. The molecule has 0 spiro atoms. The molecule has 3 N–H and O–H groups in total. The molecule has 110 valence electrons. The van der Waals surface area contributed by atoms with Gasteiger partial charge in [-0.1, -0.05) is 13.8 Å². The summed E-state index contributed by atoms with van der Waals surface area (Å²) in [7, 11) is 1.64. The summed E-state index contributed by atoms with van der Waals surface area (Å²) in [5.41, 5.74) is 5.66. The quantitative estimate of drug-likeness (QED) is 0.718. The first-order valence-electron chi connectivity index (χ1n) is 6.65. The summed E-state index contributed by atoms with van der Waals surface area (Å²) in [6.45, 7) is 4.79. The predicted molar refractivity (Wildman–Crippen MR) is 70.5 cm³/mol. The van der Waals surface area contributed by atoms with Gasteiger partial charge in [-0.2, -0.15) is 0 Å². The Balaban J connectivity index is 2.72. The standard InChI is InChI=1S/C13H24N2O4/c1-8(2)4-9(5-14)12(16)15(3)11-7-19-6-10(11)13(17)18/h8-11H,4-7,14H2,1-3H3,(H,17,18). The van der Waals surface area contributed by atoms with E-state index in [0.717, 1.165) is 0 Å². The van der Waals surface area contributed by atoms with Gasteiger partial charge in [0, 0.05) is 13.6 Å². The van der Waals surface area contributed by atoms with Gasteiger partial charge in [0.2, 0.25) is 5.91 Å². The first-order chi connectivity index (χ1) is 8.88. The number of ether oxygens (including phenoxy) is 1. The maximum atomic E-state index is 12.4. The van der Waals surface area contributed by atoms with E-state index in [1.54, 1.807) is 7.05 Å². The van der Waals surface area contributed by atoms with Crippen LogP contribution in [0.15, 0.2) is 0 Å². The molecule has 3 unspecified atom stereocenters. The first kappa shape index (κ1) is 15.9. The van der Waals surface area contributed by atoms with Crippen LogP contribution in [0.4, 0.5) is 0 Å². The maximum absolute atomic E-state index is 12.4. The second-order valence-electron chi connectivity index (χ2n) is 5.56. The third kappa shape index (κ3) is 3.91. The summed E-state index contributed by atoms with van der Waals surface area (Å²) >= 11 is 0. The van der Waals surface area contributed by atoms with Crippen molar-refractivity contribution >= 4 is 11.9 Å². The van der Waals surface area contributed by atoms with Crippen LogP contribution in [0.1, 0.15) is 20.3 Å². The summed E-state index contributed by atoms with van der Waals surface area (Å²) < 4.78 is 5.19. The number of rotatable bonds is 6. The van der Waals surface area contributed by atoms with Crippen LogP contribution in [0.2, 0.25) is 0 Å². The number of carboxylic acid groups (broad SMARTS) is 1. The van der Waals surface area contributed by atoms with Crippen LogP contribution in [-0.2, 0) is 14.3 Å². The third-order valence-corrected chi connectivity index (χ3v) is 3.60. The van der Waals surface area contributed by atoms with Crippen LogP contribution >= 0.6 is 0 Å². The third-order valence-electron chi connectivity index (χ3n) is 3.60. The molecule has 3 atom stereocenters. The lowest BCUT2D eigenvalue weighted by atomic mass is 9.94. The van der Waals surface area contributed by atoms with E-state index in [0.29, 0.717) is 12.3 Å². The minimum Gasteiger partial charge on any atom is -0.481 e. The molecule has 6 nitrogen and oxygen atoms in total. The van der Waals surface area contributed by atoms with E-state index in [9.17, 15) is 9.59 Å². The zero-order chi connectivity index (χ0) is 14.6. The Kier molecular flexibility index (Phi) is 5.75. The van der Waals surface area contributed by atoms with Gasteiger partial charge in [-0.15, -0.1) is 0 Å². The Hall–Kier alpha value is -1.14. The molecule has 1 heterocycles. The van der Waals surface area contributed by atoms with Crippen LogP contribution in [0.3, 0.4) is 0 Å². The number of aliphatic carboxylic acids is 1. The van der Waals surface area contributed by atoms with Crippen molar-refractivity contribution in [3.63, 3.8) is 0 Å². The van der Waals surface area contributed by atoms with Crippen molar-refractivity contribution in [1.82, 2.24) is 4.90 Å². The number of hydrogen-bond acceptors (Lipinski definition) is 4. The zero-order valence-electron chi connectivity index (χ0n) is 11.8. The number of hydrogen-bond donors (Lipinski definition) is 2. The molecule has 0 aromatic carbocycles. The Morgan fingerprint density at radius 3 is 2.53 bits per heavy atom. The molecule has 0 aromatic rings. The lowest BCUT2D eigenvalue weighted by molar-refractivity contribution is -0.145. The fourth-order valence-corrected chi connectivity index (χ4v) is 2.48. The van der Waals surface area contributed by atoms with E-state index in [-0.39, 0.29) is 31.6 Å². The number of carboxylic acids is 1. The molecule has 0 radical (unpaired) electrons. The second-order valence-corrected chi connectivity index (χ2v) is 5.56. The fraction of sp³-hybridized carbons (Fsp3) is 0.846. The van der Waals surface area contributed by atoms with Crippen LogP contribution < -0.4 is 5.73 Å². The normalized spacial score (nSPS) is 24.5. The van der Waals surface area contributed by atoms with Crippen LogP contribution in [0.5, 0.6) is 0 Å². The summed E-state index contributed by atoms with van der Waals surface area (Å²) in [6, 6.07) is -0.397. The van der Waals surface area contributed by atoms with Gasteiger partial charge < -0.3 is 20.5 Å². The fourth-order valence-electron chi connectivity index (χ4n) is 2.48. The van der Waals surface area contributed by atoms with Crippen molar-refractivity contribution in [3.05, 3.63) is 0 Å². The molecule has 6 heteroatoms. The Labute approximate surface area is 113 Å². The minimum absolute atomic E-state index is 0.0852. The van der Waals surface area contributed by atoms with Crippen molar-refractivity contribution in [2.75, 3.05) is 26.8 Å². The largest absolute Gasteiger partial charge is 0.481 e. The predicted octanol–water partition coefficient (Wildman–Crippen LogP) is 0.165. The van der Waals surface area contributed by atoms with E-state index in [1.807, 2.05) is 13.8 Å². The molecule has 0 aliphatic carbocycles. The van der Waals surface area contributed by atoms with Crippen molar-refractivity contribution in [1.29, 1.82) is 0 Å². The monoisotopic (exact) mass is 272 g/mol. The SMILES string of the molecule is CC(C)CC(CN)C(=O)N(C)C1COCC1C(=O)O. The molecule has 0 aromatic heterocycles. The number of carbonyl (C=O) groups is 2. The molecule has 1 rings (SSSR count). The van der Waals surface area contributed by atoms with E-state index in [2.05, 4.69) is 0 Å². The van der Waals surface area contributed by atoms with E-state index >= 15 is 0 Å². The molecule has 1 aliphatic heterocycles. The van der Waals surface area contributed by atoms with Crippen molar-refractivity contribution < 1.29 is 19.4 Å². The van der Waals surface area contributed by atoms with Gasteiger partial charge in [0.25, 0.3) is 0 Å².